The fourth-order valence-corrected chi connectivity index (χ4v) is 1.76. The number of fused-ring (bicyclic) bond motifs is 2. The van der Waals surface area contributed by atoms with E-state index in [0.29, 0.717) is 5.69 Å². The van der Waals surface area contributed by atoms with E-state index in [1.165, 1.54) is 23.4 Å². The van der Waals surface area contributed by atoms with Gasteiger partial charge in [0.25, 0.3) is 0 Å². The molecule has 2 heterocycles. The minimum atomic E-state index is -0.499. The van der Waals surface area contributed by atoms with Gasteiger partial charge in [0.2, 0.25) is 0 Å². The summed E-state index contributed by atoms with van der Waals surface area (Å²) in [6.45, 7) is 0.0867. The maximum absolute atomic E-state index is 11.8. The number of carbonyl (C=O) groups is 2. The highest BCUT2D eigenvalue weighted by atomic mass is 16.6. The van der Waals surface area contributed by atoms with Crippen LogP contribution in [0.5, 0.6) is 0 Å². The summed E-state index contributed by atoms with van der Waals surface area (Å²) >= 11 is 0. The van der Waals surface area contributed by atoms with Gasteiger partial charge in [0.1, 0.15) is 25.9 Å². The predicted octanol–water partition coefficient (Wildman–Crippen LogP) is 0.594. The molecule has 0 atom stereocenters. The lowest BCUT2D eigenvalue weighted by Gasteiger charge is -2.06. The molecule has 0 saturated carbocycles. The predicted molar refractivity (Wildman–Crippen MR) is 61.9 cm³/mol. The number of nitrogens with zero attached hydrogens (tertiary/aromatic N) is 3. The van der Waals surface area contributed by atoms with Crippen molar-refractivity contribution in [3.05, 3.63) is 42.0 Å². The van der Waals surface area contributed by atoms with Crippen LogP contribution in [0.25, 0.3) is 5.69 Å². The molecule has 2 aromatic rings. The van der Waals surface area contributed by atoms with Gasteiger partial charge in [-0.05, 0) is 18.2 Å². The minimum Gasteiger partial charge on any atom is -0.458 e. The highest BCUT2D eigenvalue weighted by Crippen LogP contribution is 2.16. The number of esters is 2. The summed E-state index contributed by atoms with van der Waals surface area (Å²) in [6, 6.07) is 4.61. The Morgan fingerprint density at radius 1 is 1.00 bits per heavy atom. The van der Waals surface area contributed by atoms with Crippen molar-refractivity contribution in [1.29, 1.82) is 0 Å². The number of rotatable bonds is 1. The van der Waals surface area contributed by atoms with Gasteiger partial charge in [-0.2, -0.15) is 5.10 Å². The Kier molecular flexibility index (Phi) is 2.71. The molecule has 7 nitrogen and oxygen atoms in total. The lowest BCUT2D eigenvalue weighted by Crippen LogP contribution is -2.10. The molecule has 1 aliphatic heterocycles. The highest BCUT2D eigenvalue weighted by molar-refractivity contribution is 5.96. The molecule has 0 amide bonds. The maximum Gasteiger partial charge on any atom is 0.338 e. The summed E-state index contributed by atoms with van der Waals surface area (Å²) in [5.74, 6) is -0.997. The number of hydrogen-bond donors (Lipinski definition) is 0. The normalized spacial score (nSPS) is 14.9. The third kappa shape index (κ3) is 2.17. The second-order valence-corrected chi connectivity index (χ2v) is 3.88. The molecule has 0 fully saturated rings. The Morgan fingerprint density at radius 3 is 2.16 bits per heavy atom. The van der Waals surface area contributed by atoms with Crippen LogP contribution in [0.1, 0.15) is 20.7 Å². The molecule has 19 heavy (non-hydrogen) atoms. The fraction of sp³-hybridized carbons (Fsp3) is 0.167. The lowest BCUT2D eigenvalue weighted by atomic mass is 10.1. The second-order valence-electron chi connectivity index (χ2n) is 3.88. The summed E-state index contributed by atoms with van der Waals surface area (Å²) in [5.41, 5.74) is 1.10. The van der Waals surface area contributed by atoms with Gasteiger partial charge in [0, 0.05) is 0 Å². The van der Waals surface area contributed by atoms with Crippen molar-refractivity contribution in [3.8, 4) is 5.69 Å². The van der Waals surface area contributed by atoms with Crippen LogP contribution in [-0.4, -0.2) is 39.9 Å². The molecule has 96 valence electrons. The van der Waals surface area contributed by atoms with Crippen LogP contribution in [0.2, 0.25) is 0 Å². The van der Waals surface area contributed by atoms with E-state index in [1.54, 1.807) is 12.1 Å². The van der Waals surface area contributed by atoms with Crippen molar-refractivity contribution >= 4 is 11.9 Å². The molecule has 3 rings (SSSR count). The zero-order valence-electron chi connectivity index (χ0n) is 9.78. The smallest absolute Gasteiger partial charge is 0.338 e. The van der Waals surface area contributed by atoms with E-state index in [9.17, 15) is 9.59 Å². The number of hydrogen-bond acceptors (Lipinski definition) is 6. The SMILES string of the molecule is O=C1OCCOC(=O)c2cc1cc(-n1cncn1)c2. The summed E-state index contributed by atoms with van der Waals surface area (Å²) in [5, 5.41) is 3.96. The lowest BCUT2D eigenvalue weighted by molar-refractivity contribution is 0.0277. The van der Waals surface area contributed by atoms with Crippen LogP contribution < -0.4 is 0 Å². The Morgan fingerprint density at radius 2 is 1.63 bits per heavy atom. The van der Waals surface area contributed by atoms with Crippen molar-refractivity contribution in [2.45, 2.75) is 0 Å². The van der Waals surface area contributed by atoms with Gasteiger partial charge < -0.3 is 9.47 Å². The molecule has 7 heteroatoms. The van der Waals surface area contributed by atoms with Crippen LogP contribution in [0.15, 0.2) is 30.9 Å². The van der Waals surface area contributed by atoms with Gasteiger partial charge in [-0.25, -0.2) is 19.3 Å². The Hall–Kier alpha value is -2.70. The van der Waals surface area contributed by atoms with E-state index in [1.807, 2.05) is 0 Å². The van der Waals surface area contributed by atoms with E-state index in [2.05, 4.69) is 10.1 Å². The topological polar surface area (TPSA) is 83.3 Å². The molecule has 0 spiro atoms. The highest BCUT2D eigenvalue weighted by Gasteiger charge is 2.18. The third-order valence-electron chi connectivity index (χ3n) is 2.62. The maximum atomic E-state index is 11.8. The van der Waals surface area contributed by atoms with Crippen LogP contribution in [-0.2, 0) is 9.47 Å². The van der Waals surface area contributed by atoms with Gasteiger partial charge in [-0.15, -0.1) is 0 Å². The summed E-state index contributed by atoms with van der Waals surface area (Å²) < 4.78 is 11.4. The number of aromatic nitrogens is 3. The first kappa shape index (κ1) is 11.4. The largest absolute Gasteiger partial charge is 0.458 e. The first-order valence-corrected chi connectivity index (χ1v) is 5.58. The van der Waals surface area contributed by atoms with Gasteiger partial charge in [0.15, 0.2) is 0 Å². The van der Waals surface area contributed by atoms with Gasteiger partial charge in [0.05, 0.1) is 16.8 Å². The van der Waals surface area contributed by atoms with E-state index in [4.69, 9.17) is 9.47 Å². The summed E-state index contributed by atoms with van der Waals surface area (Å²) in [4.78, 5) is 27.4. The first-order valence-electron chi connectivity index (χ1n) is 5.58. The zero-order chi connectivity index (χ0) is 13.2. The standard InChI is InChI=1S/C12H9N3O4/c16-11-8-3-9(12(17)19-2-1-18-11)5-10(4-8)15-7-13-6-14-15/h3-7H,1-2H2. The van der Waals surface area contributed by atoms with Crippen molar-refractivity contribution in [2.75, 3.05) is 13.2 Å². The molecule has 1 aliphatic rings. The number of ether oxygens (including phenoxy) is 2. The average Bonchev–Trinajstić information content (AvgIpc) is 2.96. The Labute approximate surface area is 107 Å². The molecule has 2 bridgehead atoms. The summed E-state index contributed by atoms with van der Waals surface area (Å²) in [7, 11) is 0. The van der Waals surface area contributed by atoms with E-state index in [-0.39, 0.29) is 24.3 Å². The zero-order valence-corrected chi connectivity index (χ0v) is 9.78. The summed E-state index contributed by atoms with van der Waals surface area (Å²) in [6.07, 6.45) is 2.83. The quantitative estimate of drug-likeness (QED) is 0.697. The van der Waals surface area contributed by atoms with E-state index >= 15 is 0 Å². The van der Waals surface area contributed by atoms with Gasteiger partial charge >= 0.3 is 11.9 Å². The van der Waals surface area contributed by atoms with Crippen molar-refractivity contribution < 1.29 is 19.1 Å². The number of cyclic esters (lactones) is 2. The average molecular weight is 259 g/mol. The van der Waals surface area contributed by atoms with E-state index < -0.39 is 11.9 Å². The fourth-order valence-electron chi connectivity index (χ4n) is 1.76. The molecular formula is C12H9N3O4. The monoisotopic (exact) mass is 259 g/mol. The molecule has 1 aromatic carbocycles. The molecule has 0 N–H and O–H groups in total. The van der Waals surface area contributed by atoms with Crippen molar-refractivity contribution in [2.24, 2.45) is 0 Å². The number of benzene rings is 1. The van der Waals surface area contributed by atoms with Crippen molar-refractivity contribution in [3.63, 3.8) is 0 Å². The molecule has 0 aliphatic carbocycles. The molecule has 1 aromatic heterocycles. The molecular weight excluding hydrogens is 250 g/mol. The van der Waals surface area contributed by atoms with Crippen LogP contribution >= 0.6 is 0 Å². The van der Waals surface area contributed by atoms with Gasteiger partial charge in [-0.3, -0.25) is 0 Å². The first-order chi connectivity index (χ1) is 9.24. The Balaban J connectivity index is 2.14. The van der Waals surface area contributed by atoms with Crippen molar-refractivity contribution in [1.82, 2.24) is 14.8 Å². The van der Waals surface area contributed by atoms with Crippen LogP contribution in [0.4, 0.5) is 0 Å². The Bertz CT molecular complexity index is 600. The minimum absolute atomic E-state index is 0.0433. The second kappa shape index (κ2) is 4.52. The molecule has 0 saturated heterocycles. The molecule has 0 unspecified atom stereocenters. The van der Waals surface area contributed by atoms with E-state index in [0.717, 1.165) is 0 Å². The molecule has 0 radical (unpaired) electrons. The van der Waals surface area contributed by atoms with Crippen LogP contribution in [0.3, 0.4) is 0 Å². The van der Waals surface area contributed by atoms with Gasteiger partial charge in [-0.1, -0.05) is 0 Å². The van der Waals surface area contributed by atoms with Crippen LogP contribution in [0, 0.1) is 0 Å². The third-order valence-corrected chi connectivity index (χ3v) is 2.62. The number of carbonyl (C=O) groups excluding carboxylic acids is 2.